The number of carbonyl (C=O) groups is 1. The predicted molar refractivity (Wildman–Crippen MR) is 104 cm³/mol. The van der Waals surface area contributed by atoms with Gasteiger partial charge in [0.25, 0.3) is 0 Å². The van der Waals surface area contributed by atoms with E-state index in [4.69, 9.17) is 5.73 Å². The van der Waals surface area contributed by atoms with Crippen LogP contribution in [0.15, 0.2) is 24.3 Å². The number of imidazole rings is 1. The molecule has 24 heavy (non-hydrogen) atoms. The summed E-state index contributed by atoms with van der Waals surface area (Å²) in [7, 11) is 0. The molecule has 1 aromatic heterocycles. The van der Waals surface area contributed by atoms with E-state index in [1.165, 1.54) is 0 Å². The van der Waals surface area contributed by atoms with Gasteiger partial charge in [0.15, 0.2) is 0 Å². The van der Waals surface area contributed by atoms with Crippen LogP contribution in [0.4, 0.5) is 0 Å². The standard InChI is InChI=1S/C17H26N4O.2ClH/c1-4-21-15-8-6-5-7-14(15)20-16(21)9-10-19-17(22)13(18)11-12(2)3;;/h5-8,12-13H,4,9-11,18H2,1-3H3,(H,19,22);2*1H/t13-;;/m0../s1. The molecule has 1 heterocycles. The van der Waals surface area contributed by atoms with E-state index >= 15 is 0 Å². The Bertz CT molecular complexity index is 643. The van der Waals surface area contributed by atoms with Crippen molar-refractivity contribution in [3.8, 4) is 0 Å². The summed E-state index contributed by atoms with van der Waals surface area (Å²) in [6, 6.07) is 7.68. The third kappa shape index (κ3) is 5.65. The Hall–Kier alpha value is -1.30. The maximum atomic E-state index is 11.9. The predicted octanol–water partition coefficient (Wildman–Crippen LogP) is 2.93. The van der Waals surface area contributed by atoms with E-state index in [-0.39, 0.29) is 30.7 Å². The first-order valence-corrected chi connectivity index (χ1v) is 8.00. The minimum Gasteiger partial charge on any atom is -0.354 e. The van der Waals surface area contributed by atoms with Crippen molar-refractivity contribution in [3.63, 3.8) is 0 Å². The Morgan fingerprint density at radius 2 is 1.96 bits per heavy atom. The molecule has 2 aromatic rings. The highest BCUT2D eigenvalue weighted by Gasteiger charge is 2.15. The first-order valence-electron chi connectivity index (χ1n) is 8.00. The molecule has 3 N–H and O–H groups in total. The highest BCUT2D eigenvalue weighted by Crippen LogP contribution is 2.16. The van der Waals surface area contributed by atoms with Crippen molar-refractivity contribution in [2.24, 2.45) is 11.7 Å². The van der Waals surface area contributed by atoms with Crippen molar-refractivity contribution < 1.29 is 4.79 Å². The average Bonchev–Trinajstić information content (AvgIpc) is 2.83. The minimum absolute atomic E-state index is 0. The van der Waals surface area contributed by atoms with Gasteiger partial charge in [-0.1, -0.05) is 26.0 Å². The second kappa shape index (κ2) is 10.5. The van der Waals surface area contributed by atoms with Crippen molar-refractivity contribution in [1.82, 2.24) is 14.9 Å². The lowest BCUT2D eigenvalue weighted by Crippen LogP contribution is -2.42. The summed E-state index contributed by atoms with van der Waals surface area (Å²) in [5, 5.41) is 2.91. The van der Waals surface area contributed by atoms with Gasteiger partial charge in [-0.15, -0.1) is 24.8 Å². The van der Waals surface area contributed by atoms with Crippen LogP contribution in [-0.2, 0) is 17.8 Å². The summed E-state index contributed by atoms with van der Waals surface area (Å²) in [5.74, 6) is 1.35. The molecule has 0 aliphatic rings. The number of rotatable bonds is 7. The van der Waals surface area contributed by atoms with Crippen LogP contribution in [0.2, 0.25) is 0 Å². The fourth-order valence-electron chi connectivity index (χ4n) is 2.71. The first-order chi connectivity index (χ1) is 10.5. The third-order valence-electron chi connectivity index (χ3n) is 3.76. The average molecular weight is 375 g/mol. The molecule has 1 atom stereocenters. The monoisotopic (exact) mass is 374 g/mol. The SMILES string of the molecule is CCn1c(CCNC(=O)[C@@H](N)CC(C)C)nc2ccccc21.Cl.Cl. The number of para-hydroxylation sites is 2. The summed E-state index contributed by atoms with van der Waals surface area (Å²) in [6.45, 7) is 7.67. The van der Waals surface area contributed by atoms with Crippen LogP contribution < -0.4 is 11.1 Å². The molecule has 1 amide bonds. The van der Waals surface area contributed by atoms with Gasteiger partial charge in [-0.25, -0.2) is 4.98 Å². The smallest absolute Gasteiger partial charge is 0.236 e. The molecule has 5 nitrogen and oxygen atoms in total. The number of hydrogen-bond acceptors (Lipinski definition) is 3. The summed E-state index contributed by atoms with van der Waals surface area (Å²) in [6.07, 6.45) is 1.42. The number of nitrogens with two attached hydrogens (primary N) is 1. The summed E-state index contributed by atoms with van der Waals surface area (Å²) < 4.78 is 2.19. The van der Waals surface area contributed by atoms with Crippen LogP contribution in [0.3, 0.4) is 0 Å². The summed E-state index contributed by atoms with van der Waals surface area (Å²) in [4.78, 5) is 16.6. The van der Waals surface area contributed by atoms with Gasteiger partial charge in [0, 0.05) is 19.5 Å². The number of amides is 1. The molecule has 0 fully saturated rings. The number of benzene rings is 1. The Balaban J connectivity index is 0.00000264. The third-order valence-corrected chi connectivity index (χ3v) is 3.76. The number of nitrogens with zero attached hydrogens (tertiary/aromatic N) is 2. The van der Waals surface area contributed by atoms with Crippen molar-refractivity contribution in [2.75, 3.05) is 6.54 Å². The Kier molecular flexibility index (Phi) is 9.97. The number of carbonyl (C=O) groups excluding carboxylic acids is 1. The number of halogens is 2. The summed E-state index contributed by atoms with van der Waals surface area (Å²) >= 11 is 0. The second-order valence-corrected chi connectivity index (χ2v) is 6.04. The number of nitrogens with one attached hydrogen (secondary N) is 1. The van der Waals surface area contributed by atoms with Crippen molar-refractivity contribution >= 4 is 41.8 Å². The van der Waals surface area contributed by atoms with Crippen LogP contribution in [-0.4, -0.2) is 28.0 Å². The lowest BCUT2D eigenvalue weighted by atomic mass is 10.0. The van der Waals surface area contributed by atoms with E-state index < -0.39 is 6.04 Å². The van der Waals surface area contributed by atoms with Crippen LogP contribution in [0.1, 0.15) is 33.0 Å². The number of fused-ring (bicyclic) bond motifs is 1. The van der Waals surface area contributed by atoms with Crippen LogP contribution in [0.5, 0.6) is 0 Å². The van der Waals surface area contributed by atoms with E-state index in [1.54, 1.807) is 0 Å². The van der Waals surface area contributed by atoms with E-state index in [2.05, 4.69) is 41.7 Å². The molecule has 1 aromatic carbocycles. The largest absolute Gasteiger partial charge is 0.354 e. The zero-order chi connectivity index (χ0) is 16.1. The van der Waals surface area contributed by atoms with Gasteiger partial charge in [0.1, 0.15) is 5.82 Å². The minimum atomic E-state index is -0.426. The van der Waals surface area contributed by atoms with Gasteiger partial charge < -0.3 is 15.6 Å². The van der Waals surface area contributed by atoms with Crippen molar-refractivity contribution in [1.29, 1.82) is 0 Å². The molecule has 0 unspecified atom stereocenters. The topological polar surface area (TPSA) is 72.9 Å². The van der Waals surface area contributed by atoms with Gasteiger partial charge in [-0.3, -0.25) is 4.79 Å². The van der Waals surface area contributed by atoms with Crippen molar-refractivity contribution in [3.05, 3.63) is 30.1 Å². The Labute approximate surface area is 156 Å². The molecule has 2 rings (SSSR count). The van der Waals surface area contributed by atoms with E-state index in [1.807, 2.05) is 18.2 Å². The highest BCUT2D eigenvalue weighted by molar-refractivity contribution is 5.85. The van der Waals surface area contributed by atoms with E-state index in [0.717, 1.165) is 23.4 Å². The molecular weight excluding hydrogens is 347 g/mol. The molecular formula is C17H28Cl2N4O. The van der Waals surface area contributed by atoms with Crippen LogP contribution >= 0.6 is 24.8 Å². The number of aromatic nitrogens is 2. The molecule has 0 aliphatic carbocycles. The highest BCUT2D eigenvalue weighted by atomic mass is 35.5. The molecule has 0 aliphatic heterocycles. The van der Waals surface area contributed by atoms with Gasteiger partial charge in [-0.05, 0) is 31.4 Å². The maximum Gasteiger partial charge on any atom is 0.236 e. The quantitative estimate of drug-likeness (QED) is 0.782. The normalized spacial score (nSPS) is 11.7. The molecule has 136 valence electrons. The van der Waals surface area contributed by atoms with E-state index in [0.29, 0.717) is 25.3 Å². The molecule has 0 radical (unpaired) electrons. The first kappa shape index (κ1) is 22.7. The van der Waals surface area contributed by atoms with Gasteiger partial charge in [0.2, 0.25) is 5.91 Å². The second-order valence-electron chi connectivity index (χ2n) is 6.04. The zero-order valence-electron chi connectivity index (χ0n) is 14.5. The maximum absolute atomic E-state index is 11.9. The number of hydrogen-bond donors (Lipinski definition) is 2. The summed E-state index contributed by atoms with van der Waals surface area (Å²) in [5.41, 5.74) is 8.03. The van der Waals surface area contributed by atoms with Gasteiger partial charge in [0.05, 0.1) is 17.1 Å². The fraction of sp³-hybridized carbons (Fsp3) is 0.529. The molecule has 0 spiro atoms. The zero-order valence-corrected chi connectivity index (χ0v) is 16.1. The fourth-order valence-corrected chi connectivity index (χ4v) is 2.71. The molecule has 0 saturated heterocycles. The lowest BCUT2D eigenvalue weighted by molar-refractivity contribution is -0.122. The lowest BCUT2D eigenvalue weighted by Gasteiger charge is -2.14. The Morgan fingerprint density at radius 3 is 2.58 bits per heavy atom. The number of aryl methyl sites for hydroxylation is 1. The van der Waals surface area contributed by atoms with E-state index in [9.17, 15) is 4.79 Å². The molecule has 0 saturated carbocycles. The van der Waals surface area contributed by atoms with Crippen LogP contribution in [0.25, 0.3) is 11.0 Å². The molecule has 0 bridgehead atoms. The van der Waals surface area contributed by atoms with Crippen LogP contribution in [0, 0.1) is 5.92 Å². The molecule has 7 heteroatoms. The van der Waals surface area contributed by atoms with Gasteiger partial charge >= 0.3 is 0 Å². The van der Waals surface area contributed by atoms with Crippen molar-refractivity contribution in [2.45, 2.75) is 46.2 Å². The van der Waals surface area contributed by atoms with Gasteiger partial charge in [-0.2, -0.15) is 0 Å². The Morgan fingerprint density at radius 1 is 1.29 bits per heavy atom.